The first-order valence-corrected chi connectivity index (χ1v) is 11.0. The summed E-state index contributed by atoms with van der Waals surface area (Å²) in [7, 11) is 1.55. The first-order chi connectivity index (χ1) is 16.1. The van der Waals surface area contributed by atoms with Crippen LogP contribution in [-0.4, -0.2) is 30.2 Å². The standard InChI is InChI=1S/C25H27N3O5/c1-31-22-14-19(10-11-21(22)23-15-26-16-32-23)28-25(30)27-18-6-4-5-17(13-18)9-12-24(29)33-20-7-2-3-8-20/h4-6,10-11,13-16,20H,2-3,7-9,12H2,1H3,(H2,27,28,30). The molecule has 8 nitrogen and oxygen atoms in total. The highest BCUT2D eigenvalue weighted by Gasteiger charge is 2.19. The maximum atomic E-state index is 12.5. The van der Waals surface area contributed by atoms with E-state index in [1.165, 1.54) is 6.39 Å². The van der Waals surface area contributed by atoms with Crippen molar-refractivity contribution in [1.29, 1.82) is 0 Å². The molecule has 2 N–H and O–H groups in total. The number of carbonyl (C=O) groups excluding carboxylic acids is 2. The van der Waals surface area contributed by atoms with Crippen LogP contribution in [0.5, 0.6) is 5.75 Å². The summed E-state index contributed by atoms with van der Waals surface area (Å²) in [6, 6.07) is 12.3. The Morgan fingerprint density at radius 1 is 1.09 bits per heavy atom. The Labute approximate surface area is 192 Å². The molecule has 2 amide bonds. The van der Waals surface area contributed by atoms with Gasteiger partial charge in [0, 0.05) is 23.9 Å². The van der Waals surface area contributed by atoms with Crippen LogP contribution in [0.4, 0.5) is 16.2 Å². The lowest BCUT2D eigenvalue weighted by atomic mass is 10.1. The van der Waals surface area contributed by atoms with Gasteiger partial charge in [-0.05, 0) is 61.9 Å². The van der Waals surface area contributed by atoms with Crippen molar-refractivity contribution in [2.45, 2.75) is 44.6 Å². The first-order valence-electron chi connectivity index (χ1n) is 11.0. The second-order valence-electron chi connectivity index (χ2n) is 7.96. The normalized spacial score (nSPS) is 13.5. The van der Waals surface area contributed by atoms with Gasteiger partial charge in [-0.15, -0.1) is 0 Å². The molecule has 1 aliphatic carbocycles. The van der Waals surface area contributed by atoms with E-state index < -0.39 is 0 Å². The molecule has 4 rings (SSSR count). The Morgan fingerprint density at radius 2 is 1.88 bits per heavy atom. The molecule has 1 heterocycles. The summed E-state index contributed by atoms with van der Waals surface area (Å²) in [6.45, 7) is 0. The summed E-state index contributed by atoms with van der Waals surface area (Å²) in [6.07, 6.45) is 8.10. The fourth-order valence-corrected chi connectivity index (χ4v) is 3.92. The van der Waals surface area contributed by atoms with Crippen LogP contribution >= 0.6 is 0 Å². The van der Waals surface area contributed by atoms with Crippen molar-refractivity contribution >= 4 is 23.4 Å². The number of ether oxygens (including phenoxy) is 2. The van der Waals surface area contributed by atoms with Crippen LogP contribution in [0.3, 0.4) is 0 Å². The largest absolute Gasteiger partial charge is 0.496 e. The number of aryl methyl sites for hydroxylation is 1. The molecule has 0 bridgehead atoms. The van der Waals surface area contributed by atoms with E-state index in [-0.39, 0.29) is 18.1 Å². The second-order valence-corrected chi connectivity index (χ2v) is 7.96. The van der Waals surface area contributed by atoms with E-state index in [0.29, 0.717) is 35.7 Å². The predicted octanol–water partition coefficient (Wildman–Crippen LogP) is 5.41. The van der Waals surface area contributed by atoms with Gasteiger partial charge in [0.05, 0.1) is 18.9 Å². The Hall–Kier alpha value is -3.81. The van der Waals surface area contributed by atoms with Gasteiger partial charge >= 0.3 is 12.0 Å². The van der Waals surface area contributed by atoms with Gasteiger partial charge in [0.1, 0.15) is 11.9 Å². The van der Waals surface area contributed by atoms with Crippen LogP contribution in [0.25, 0.3) is 11.3 Å². The molecule has 1 aromatic heterocycles. The van der Waals surface area contributed by atoms with Gasteiger partial charge in [-0.25, -0.2) is 9.78 Å². The summed E-state index contributed by atoms with van der Waals surface area (Å²) in [5, 5.41) is 5.62. The molecule has 0 atom stereocenters. The quantitative estimate of drug-likeness (QED) is 0.446. The number of oxazole rings is 1. The molecule has 33 heavy (non-hydrogen) atoms. The van der Waals surface area contributed by atoms with Crippen LogP contribution in [0.15, 0.2) is 59.5 Å². The Morgan fingerprint density at radius 3 is 2.61 bits per heavy atom. The maximum Gasteiger partial charge on any atom is 0.323 e. The zero-order valence-corrected chi connectivity index (χ0v) is 18.5. The number of esters is 1. The predicted molar refractivity (Wildman–Crippen MR) is 124 cm³/mol. The topological polar surface area (TPSA) is 103 Å². The number of anilines is 2. The van der Waals surface area contributed by atoms with E-state index in [0.717, 1.165) is 36.8 Å². The fourth-order valence-electron chi connectivity index (χ4n) is 3.92. The molecule has 0 unspecified atom stereocenters. The number of methoxy groups -OCH3 is 1. The van der Waals surface area contributed by atoms with Crippen molar-refractivity contribution < 1.29 is 23.5 Å². The van der Waals surface area contributed by atoms with E-state index in [1.54, 1.807) is 37.6 Å². The molecule has 8 heteroatoms. The SMILES string of the molecule is COc1cc(NC(=O)Nc2cccc(CCC(=O)OC3CCCC3)c2)ccc1-c1cnco1. The summed E-state index contributed by atoms with van der Waals surface area (Å²) in [5.74, 6) is 0.962. The number of carbonyl (C=O) groups is 2. The van der Waals surface area contributed by atoms with Crippen LogP contribution < -0.4 is 15.4 Å². The van der Waals surface area contributed by atoms with Gasteiger partial charge in [-0.3, -0.25) is 4.79 Å². The molecule has 1 fully saturated rings. The summed E-state index contributed by atoms with van der Waals surface area (Å²) >= 11 is 0. The molecule has 0 saturated heterocycles. The maximum absolute atomic E-state index is 12.5. The van der Waals surface area contributed by atoms with E-state index in [4.69, 9.17) is 13.9 Å². The van der Waals surface area contributed by atoms with E-state index >= 15 is 0 Å². The number of nitrogens with zero attached hydrogens (tertiary/aromatic N) is 1. The monoisotopic (exact) mass is 449 g/mol. The van der Waals surface area contributed by atoms with Crippen molar-refractivity contribution in [1.82, 2.24) is 4.98 Å². The molecule has 3 aromatic rings. The molecular weight excluding hydrogens is 422 g/mol. The molecule has 172 valence electrons. The van der Waals surface area contributed by atoms with Gasteiger partial charge in [0.15, 0.2) is 12.2 Å². The van der Waals surface area contributed by atoms with Gasteiger partial charge in [-0.2, -0.15) is 0 Å². The fraction of sp³-hybridized carbons (Fsp3) is 0.320. The number of urea groups is 1. The molecule has 1 saturated carbocycles. The zero-order valence-electron chi connectivity index (χ0n) is 18.5. The second kappa shape index (κ2) is 10.7. The lowest BCUT2D eigenvalue weighted by Gasteiger charge is -2.12. The van der Waals surface area contributed by atoms with Crippen LogP contribution in [0.2, 0.25) is 0 Å². The average Bonchev–Trinajstić information content (AvgIpc) is 3.52. The molecule has 1 aliphatic rings. The highest BCUT2D eigenvalue weighted by Crippen LogP contribution is 2.32. The molecule has 0 spiro atoms. The van der Waals surface area contributed by atoms with E-state index in [2.05, 4.69) is 15.6 Å². The molecule has 0 aliphatic heterocycles. The smallest absolute Gasteiger partial charge is 0.323 e. The first kappa shape index (κ1) is 22.4. The van der Waals surface area contributed by atoms with E-state index in [1.807, 2.05) is 18.2 Å². The van der Waals surface area contributed by atoms with Crippen LogP contribution in [0, 0.1) is 0 Å². The number of benzene rings is 2. The number of hydrogen-bond donors (Lipinski definition) is 2. The highest BCUT2D eigenvalue weighted by molar-refractivity contribution is 6.00. The molecule has 0 radical (unpaired) electrons. The number of aromatic nitrogens is 1. The zero-order chi connectivity index (χ0) is 23.0. The number of rotatable bonds is 8. The number of nitrogens with one attached hydrogen (secondary N) is 2. The lowest BCUT2D eigenvalue weighted by Crippen LogP contribution is -2.19. The van der Waals surface area contributed by atoms with Gasteiger partial charge in [0.2, 0.25) is 0 Å². The minimum atomic E-state index is -0.387. The third kappa shape index (κ3) is 6.12. The lowest BCUT2D eigenvalue weighted by molar-refractivity contribution is -0.148. The summed E-state index contributed by atoms with van der Waals surface area (Å²) in [5.41, 5.74) is 2.90. The summed E-state index contributed by atoms with van der Waals surface area (Å²) < 4.78 is 16.2. The third-order valence-corrected chi connectivity index (χ3v) is 5.56. The highest BCUT2D eigenvalue weighted by atomic mass is 16.5. The van der Waals surface area contributed by atoms with Crippen LogP contribution in [0.1, 0.15) is 37.7 Å². The molecule has 2 aromatic carbocycles. The Kier molecular flexibility index (Phi) is 7.24. The van der Waals surface area contributed by atoms with Crippen LogP contribution in [-0.2, 0) is 16.0 Å². The Balaban J connectivity index is 1.31. The van der Waals surface area contributed by atoms with Gasteiger partial charge in [0.25, 0.3) is 0 Å². The number of amides is 2. The number of hydrogen-bond acceptors (Lipinski definition) is 6. The minimum absolute atomic E-state index is 0.0811. The van der Waals surface area contributed by atoms with Gasteiger partial charge in [-0.1, -0.05) is 12.1 Å². The van der Waals surface area contributed by atoms with Crippen molar-refractivity contribution in [3.05, 3.63) is 60.6 Å². The minimum Gasteiger partial charge on any atom is -0.496 e. The van der Waals surface area contributed by atoms with Gasteiger partial charge < -0.3 is 24.5 Å². The van der Waals surface area contributed by atoms with Crippen molar-refractivity contribution in [3.63, 3.8) is 0 Å². The summed E-state index contributed by atoms with van der Waals surface area (Å²) in [4.78, 5) is 28.5. The third-order valence-electron chi connectivity index (χ3n) is 5.56. The Bertz CT molecular complexity index is 1090. The van der Waals surface area contributed by atoms with Crippen molar-refractivity contribution in [3.8, 4) is 17.1 Å². The van der Waals surface area contributed by atoms with Crippen molar-refractivity contribution in [2.24, 2.45) is 0 Å². The molecular formula is C25H27N3O5. The van der Waals surface area contributed by atoms with E-state index in [9.17, 15) is 9.59 Å². The van der Waals surface area contributed by atoms with Crippen molar-refractivity contribution in [2.75, 3.05) is 17.7 Å². The average molecular weight is 450 g/mol.